The van der Waals surface area contributed by atoms with E-state index in [1.807, 2.05) is 20.8 Å². The van der Waals surface area contributed by atoms with Crippen molar-refractivity contribution < 1.29 is 46.7 Å². The van der Waals surface area contributed by atoms with Gasteiger partial charge in [-0.05, 0) is 62.1 Å². The highest BCUT2D eigenvalue weighted by atomic mass is 32.2. The maximum absolute atomic E-state index is 14.6. The monoisotopic (exact) mass is 839 g/mol. The van der Waals surface area contributed by atoms with Crippen molar-refractivity contribution in [3.8, 4) is 0 Å². The van der Waals surface area contributed by atoms with Gasteiger partial charge in [-0.2, -0.15) is 0 Å². The Hall–Kier alpha value is -5.36. The van der Waals surface area contributed by atoms with Crippen LogP contribution in [0.25, 0.3) is 0 Å². The fraction of sp³-hybridized carbons (Fsp3) is 0.537. The van der Waals surface area contributed by atoms with Crippen molar-refractivity contribution in [3.05, 3.63) is 65.7 Å². The SMILES string of the molecule is CCCC(NC(=O)C1C[C@@H](NS(=O)(=O)c2ccc(C)cc2)CN1C(=O)[C@@H](NC(=O)OCC(C)C)C1CCCCC1)C(=O)C(=O)NCC(=O)N[C@H](C(N)=O)c1ccccc1. The zero-order chi connectivity index (χ0) is 43.3. The second-order valence-electron chi connectivity index (χ2n) is 15.6. The van der Waals surface area contributed by atoms with E-state index < -0.39 is 88.2 Å². The molecule has 2 unspecified atom stereocenters. The Balaban J connectivity index is 1.54. The van der Waals surface area contributed by atoms with Crippen LogP contribution < -0.4 is 31.7 Å². The Morgan fingerprint density at radius 1 is 0.898 bits per heavy atom. The number of ether oxygens (including phenoxy) is 1. The van der Waals surface area contributed by atoms with E-state index >= 15 is 0 Å². The van der Waals surface area contributed by atoms with Crippen LogP contribution in [0.15, 0.2) is 59.5 Å². The number of likely N-dealkylation sites (tertiary alicyclic amines) is 1. The number of sulfonamides is 1. The third-order valence-electron chi connectivity index (χ3n) is 10.3. The highest BCUT2D eigenvalue weighted by Crippen LogP contribution is 2.30. The summed E-state index contributed by atoms with van der Waals surface area (Å²) in [6.07, 6.45) is 3.25. The van der Waals surface area contributed by atoms with E-state index in [-0.39, 0.29) is 42.7 Å². The van der Waals surface area contributed by atoms with Gasteiger partial charge >= 0.3 is 6.09 Å². The van der Waals surface area contributed by atoms with E-state index in [9.17, 15) is 42.0 Å². The number of rotatable bonds is 19. The van der Waals surface area contributed by atoms with Crippen LogP contribution in [0.4, 0.5) is 4.79 Å². The van der Waals surface area contributed by atoms with Crippen LogP contribution >= 0.6 is 0 Å². The molecule has 5 atom stereocenters. The zero-order valence-electron chi connectivity index (χ0n) is 34.0. The minimum atomic E-state index is -4.11. The summed E-state index contributed by atoms with van der Waals surface area (Å²) in [5.74, 6) is -5.56. The van der Waals surface area contributed by atoms with Gasteiger partial charge in [0.15, 0.2) is 0 Å². The van der Waals surface area contributed by atoms with Gasteiger partial charge in [-0.1, -0.05) is 94.5 Å². The minimum absolute atomic E-state index is 0.0120. The molecule has 1 aliphatic heterocycles. The molecule has 1 heterocycles. The van der Waals surface area contributed by atoms with Crippen molar-refractivity contribution in [1.29, 1.82) is 0 Å². The third kappa shape index (κ3) is 13.3. The number of benzene rings is 2. The summed E-state index contributed by atoms with van der Waals surface area (Å²) in [5.41, 5.74) is 6.73. The second kappa shape index (κ2) is 21.6. The molecule has 0 aromatic heterocycles. The van der Waals surface area contributed by atoms with Gasteiger partial charge < -0.3 is 36.6 Å². The zero-order valence-corrected chi connectivity index (χ0v) is 34.8. The maximum Gasteiger partial charge on any atom is 0.407 e. The predicted octanol–water partition coefficient (Wildman–Crippen LogP) is 1.89. The van der Waals surface area contributed by atoms with Gasteiger partial charge in [0.05, 0.1) is 24.1 Å². The molecule has 2 aliphatic rings. The Kier molecular flexibility index (Phi) is 17.0. The van der Waals surface area contributed by atoms with Gasteiger partial charge in [-0.25, -0.2) is 17.9 Å². The largest absolute Gasteiger partial charge is 0.449 e. The van der Waals surface area contributed by atoms with E-state index in [4.69, 9.17) is 10.5 Å². The molecule has 4 rings (SSSR count). The van der Waals surface area contributed by atoms with Gasteiger partial charge in [0.1, 0.15) is 18.1 Å². The standard InChI is InChI=1S/C41H57N7O10S/c1-5-12-31(36(50)39(53)43-22-33(49)45-34(37(42)51)27-13-8-6-9-14-27)44-38(52)32-21-29(47-59(56,57)30-19-17-26(4)18-20-30)23-48(32)40(54)35(28-15-10-7-11-16-28)46-41(55)58-24-25(2)3/h6,8-9,13-14,17-20,25,28-29,31-32,34-35,47H,5,7,10-12,15-16,21-24H2,1-4H3,(H2,42,51)(H,43,53)(H,44,52)(H,45,49)(H,46,55)/t29-,31?,32?,34+,35+/m1/s1. The first-order valence-electron chi connectivity index (χ1n) is 20.1. The quantitative estimate of drug-likeness (QED) is 0.112. The summed E-state index contributed by atoms with van der Waals surface area (Å²) in [6.45, 7) is 6.48. The number of Topliss-reactive ketones (excluding diaryl/α,β-unsaturated/α-hetero) is 1. The van der Waals surface area contributed by atoms with Crippen LogP contribution in [0.5, 0.6) is 0 Å². The first-order valence-corrected chi connectivity index (χ1v) is 21.6. The van der Waals surface area contributed by atoms with Crippen molar-refractivity contribution in [1.82, 2.24) is 30.9 Å². The molecule has 7 N–H and O–H groups in total. The third-order valence-corrected chi connectivity index (χ3v) is 11.9. The maximum atomic E-state index is 14.6. The first-order chi connectivity index (χ1) is 28.0. The molecule has 0 radical (unpaired) electrons. The molecule has 1 aliphatic carbocycles. The highest BCUT2D eigenvalue weighted by Gasteiger charge is 2.46. The number of aryl methyl sites for hydroxylation is 1. The van der Waals surface area contributed by atoms with Gasteiger partial charge in [-0.3, -0.25) is 28.8 Å². The number of carbonyl (C=O) groups is 7. The highest BCUT2D eigenvalue weighted by molar-refractivity contribution is 7.89. The summed E-state index contributed by atoms with van der Waals surface area (Å²) >= 11 is 0. The molecule has 2 fully saturated rings. The van der Waals surface area contributed by atoms with Gasteiger partial charge in [0.25, 0.3) is 5.91 Å². The van der Waals surface area contributed by atoms with Crippen LogP contribution in [0, 0.1) is 18.8 Å². The summed E-state index contributed by atoms with van der Waals surface area (Å²) in [7, 11) is -4.11. The van der Waals surface area contributed by atoms with Gasteiger partial charge in [0.2, 0.25) is 39.4 Å². The lowest BCUT2D eigenvalue weighted by molar-refractivity contribution is -0.143. The number of carbonyl (C=O) groups excluding carboxylic acids is 7. The number of ketones is 1. The van der Waals surface area contributed by atoms with E-state index in [2.05, 4.69) is 26.0 Å². The number of hydrogen-bond donors (Lipinski definition) is 6. The molecule has 1 saturated carbocycles. The summed E-state index contributed by atoms with van der Waals surface area (Å²) in [4.78, 5) is 94.2. The lowest BCUT2D eigenvalue weighted by atomic mass is 9.83. The summed E-state index contributed by atoms with van der Waals surface area (Å²) < 4.78 is 34.9. The predicted molar refractivity (Wildman–Crippen MR) is 216 cm³/mol. The topological polar surface area (TPSA) is 252 Å². The molecule has 6 amide bonds. The van der Waals surface area contributed by atoms with Gasteiger partial charge in [0, 0.05) is 12.6 Å². The smallest absolute Gasteiger partial charge is 0.407 e. The Morgan fingerprint density at radius 2 is 1.56 bits per heavy atom. The number of nitrogens with one attached hydrogen (secondary N) is 5. The molecule has 2 aromatic carbocycles. The Bertz CT molecular complexity index is 1920. The number of amides is 6. The van der Waals surface area contributed by atoms with Crippen LogP contribution in [0.3, 0.4) is 0 Å². The van der Waals surface area contributed by atoms with E-state index in [1.165, 1.54) is 17.0 Å². The molecule has 322 valence electrons. The van der Waals surface area contributed by atoms with Crippen LogP contribution in [0.1, 0.15) is 89.3 Å². The number of hydrogen-bond acceptors (Lipinski definition) is 10. The molecular formula is C41H57N7O10S. The Morgan fingerprint density at radius 3 is 2.17 bits per heavy atom. The molecule has 59 heavy (non-hydrogen) atoms. The van der Waals surface area contributed by atoms with Gasteiger partial charge in [-0.15, -0.1) is 0 Å². The molecule has 17 nitrogen and oxygen atoms in total. The lowest BCUT2D eigenvalue weighted by Crippen LogP contribution is -2.58. The summed E-state index contributed by atoms with van der Waals surface area (Å²) in [5, 5.41) is 9.98. The van der Waals surface area contributed by atoms with Crippen LogP contribution in [-0.4, -0.2) is 98.6 Å². The van der Waals surface area contributed by atoms with E-state index in [0.29, 0.717) is 24.8 Å². The molecular weight excluding hydrogens is 783 g/mol. The van der Waals surface area contributed by atoms with Crippen LogP contribution in [-0.2, 0) is 43.5 Å². The normalized spacial score (nSPS) is 18.6. The fourth-order valence-electron chi connectivity index (χ4n) is 7.26. The molecule has 1 saturated heterocycles. The second-order valence-corrected chi connectivity index (χ2v) is 17.3. The molecule has 2 aromatic rings. The number of primary amides is 1. The van der Waals surface area contributed by atoms with Crippen LogP contribution in [0.2, 0.25) is 0 Å². The fourth-order valence-corrected chi connectivity index (χ4v) is 8.50. The van der Waals surface area contributed by atoms with E-state index in [0.717, 1.165) is 24.8 Å². The average molecular weight is 840 g/mol. The van der Waals surface area contributed by atoms with E-state index in [1.54, 1.807) is 49.4 Å². The van der Waals surface area contributed by atoms with Crippen molar-refractivity contribution >= 4 is 51.4 Å². The number of nitrogens with zero attached hydrogens (tertiary/aromatic N) is 1. The Labute approximate surface area is 345 Å². The minimum Gasteiger partial charge on any atom is -0.449 e. The lowest BCUT2D eigenvalue weighted by Gasteiger charge is -2.34. The van der Waals surface area contributed by atoms with Crippen molar-refractivity contribution in [2.24, 2.45) is 17.6 Å². The average Bonchev–Trinajstić information content (AvgIpc) is 3.63. The van der Waals surface area contributed by atoms with Crippen molar-refractivity contribution in [2.75, 3.05) is 19.7 Å². The molecule has 0 spiro atoms. The van der Waals surface area contributed by atoms with Crippen molar-refractivity contribution in [3.63, 3.8) is 0 Å². The molecule has 0 bridgehead atoms. The summed E-state index contributed by atoms with van der Waals surface area (Å²) in [6, 6.07) is 8.47. The number of nitrogens with two attached hydrogens (primary N) is 1. The molecule has 18 heteroatoms. The number of alkyl carbamates (subject to hydrolysis) is 1. The van der Waals surface area contributed by atoms with Crippen molar-refractivity contribution in [2.45, 2.75) is 114 Å². The first kappa shape index (κ1) is 46.3.